The van der Waals surface area contributed by atoms with Crippen LogP contribution in [-0.2, 0) is 16.0 Å². The molecule has 1 aromatic rings. The summed E-state index contributed by atoms with van der Waals surface area (Å²) in [6, 6.07) is 6.72. The number of rotatable bonds is 6. The summed E-state index contributed by atoms with van der Waals surface area (Å²) in [6.07, 6.45) is 8.18. The highest BCUT2D eigenvalue weighted by Gasteiger charge is 2.19. The average Bonchev–Trinajstić information content (AvgIpc) is 2.53. The van der Waals surface area contributed by atoms with Gasteiger partial charge in [-0.1, -0.05) is 31.4 Å². The maximum Gasteiger partial charge on any atom is 0.324 e. The third-order valence-corrected chi connectivity index (χ3v) is 5.67. The van der Waals surface area contributed by atoms with Gasteiger partial charge in [-0.15, -0.1) is 11.6 Å². The molecule has 0 aliphatic heterocycles. The summed E-state index contributed by atoms with van der Waals surface area (Å²) in [5.41, 5.74) is 2.75. The van der Waals surface area contributed by atoms with E-state index in [1.54, 1.807) is 6.92 Å². The standard InChI is InChI=1S/C18H24ClIO2/c1-2-22-18(21)16(19)11-9-13-8-10-15(17(20)12-13)14-6-4-3-5-7-14/h8,10,12,14,16H,2-7,9,11H2,1H3. The van der Waals surface area contributed by atoms with E-state index >= 15 is 0 Å². The molecule has 1 aromatic carbocycles. The summed E-state index contributed by atoms with van der Waals surface area (Å²) in [4.78, 5) is 11.5. The number of ether oxygens (including phenoxy) is 1. The van der Waals surface area contributed by atoms with Gasteiger partial charge in [0, 0.05) is 3.57 Å². The maximum absolute atomic E-state index is 11.5. The number of hydrogen-bond donors (Lipinski definition) is 0. The summed E-state index contributed by atoms with van der Waals surface area (Å²) in [5.74, 6) is 0.424. The maximum atomic E-state index is 11.5. The van der Waals surface area contributed by atoms with Gasteiger partial charge in [0.05, 0.1) is 6.61 Å². The van der Waals surface area contributed by atoms with Crippen molar-refractivity contribution in [2.45, 2.75) is 63.2 Å². The third kappa shape index (κ3) is 5.12. The zero-order chi connectivity index (χ0) is 15.9. The molecule has 0 amide bonds. The van der Waals surface area contributed by atoms with Gasteiger partial charge >= 0.3 is 5.97 Å². The number of carbonyl (C=O) groups excluding carboxylic acids is 1. The molecule has 0 saturated heterocycles. The zero-order valence-electron chi connectivity index (χ0n) is 13.1. The number of alkyl halides is 1. The first-order valence-corrected chi connectivity index (χ1v) is 9.72. The number of benzene rings is 1. The molecule has 22 heavy (non-hydrogen) atoms. The molecular weight excluding hydrogens is 411 g/mol. The van der Waals surface area contributed by atoms with Gasteiger partial charge in [0.2, 0.25) is 0 Å². The van der Waals surface area contributed by atoms with E-state index in [0.29, 0.717) is 13.0 Å². The lowest BCUT2D eigenvalue weighted by Crippen LogP contribution is -2.18. The lowest BCUT2D eigenvalue weighted by atomic mass is 9.84. The Morgan fingerprint density at radius 3 is 2.73 bits per heavy atom. The van der Waals surface area contributed by atoms with Crippen LogP contribution >= 0.6 is 34.2 Å². The van der Waals surface area contributed by atoms with E-state index in [4.69, 9.17) is 16.3 Å². The Kier molecular flexibility index (Phi) is 7.48. The van der Waals surface area contributed by atoms with E-state index in [9.17, 15) is 4.79 Å². The van der Waals surface area contributed by atoms with E-state index in [2.05, 4.69) is 40.8 Å². The monoisotopic (exact) mass is 434 g/mol. The van der Waals surface area contributed by atoms with Crippen LogP contribution in [0.1, 0.15) is 62.5 Å². The van der Waals surface area contributed by atoms with Crippen molar-refractivity contribution >= 4 is 40.2 Å². The van der Waals surface area contributed by atoms with Gasteiger partial charge in [-0.2, -0.15) is 0 Å². The molecule has 0 heterocycles. The molecule has 0 aromatic heterocycles. The molecule has 0 bridgehead atoms. The second-order valence-electron chi connectivity index (χ2n) is 5.95. The Hall–Kier alpha value is -0.290. The normalized spacial score (nSPS) is 17.2. The Balaban J connectivity index is 1.93. The van der Waals surface area contributed by atoms with Gasteiger partial charge in [-0.05, 0) is 78.3 Å². The van der Waals surface area contributed by atoms with E-state index in [0.717, 1.165) is 12.3 Å². The second-order valence-corrected chi connectivity index (χ2v) is 7.64. The van der Waals surface area contributed by atoms with Gasteiger partial charge in [-0.3, -0.25) is 4.79 Å². The fourth-order valence-corrected chi connectivity index (χ4v) is 4.31. The van der Waals surface area contributed by atoms with Crippen LogP contribution in [0.4, 0.5) is 0 Å². The van der Waals surface area contributed by atoms with E-state index in [1.807, 2.05) is 0 Å². The molecule has 4 heteroatoms. The highest BCUT2D eigenvalue weighted by Crippen LogP contribution is 2.35. The van der Waals surface area contributed by atoms with Gasteiger partial charge in [0.25, 0.3) is 0 Å². The van der Waals surface area contributed by atoms with Crippen LogP contribution in [0, 0.1) is 3.57 Å². The molecule has 1 atom stereocenters. The van der Waals surface area contributed by atoms with E-state index < -0.39 is 5.38 Å². The molecular formula is C18H24ClIO2. The Labute approximate surface area is 152 Å². The fourth-order valence-electron chi connectivity index (χ4n) is 3.11. The number of aryl methyl sites for hydroxylation is 1. The molecule has 2 rings (SSSR count). The first kappa shape index (κ1) is 18.1. The number of hydrogen-bond acceptors (Lipinski definition) is 2. The van der Waals surface area contributed by atoms with Gasteiger partial charge < -0.3 is 4.74 Å². The van der Waals surface area contributed by atoms with Crippen molar-refractivity contribution in [2.75, 3.05) is 6.61 Å². The quantitative estimate of drug-likeness (QED) is 0.338. The Morgan fingerprint density at radius 1 is 1.36 bits per heavy atom. The summed E-state index contributed by atoms with van der Waals surface area (Å²) in [7, 11) is 0. The molecule has 0 N–H and O–H groups in total. The number of esters is 1. The highest BCUT2D eigenvalue weighted by atomic mass is 127. The van der Waals surface area contributed by atoms with Crippen LogP contribution < -0.4 is 0 Å². The van der Waals surface area contributed by atoms with Gasteiger partial charge in [-0.25, -0.2) is 0 Å². The Bertz CT molecular complexity index is 498. The number of halogens is 2. The summed E-state index contributed by atoms with van der Waals surface area (Å²) in [6.45, 7) is 2.18. The van der Waals surface area contributed by atoms with Crippen LogP contribution in [0.5, 0.6) is 0 Å². The first-order chi connectivity index (χ1) is 10.6. The predicted octanol–water partition coefficient (Wildman–Crippen LogP) is 5.44. The van der Waals surface area contributed by atoms with Crippen molar-refractivity contribution in [1.82, 2.24) is 0 Å². The molecule has 1 aliphatic carbocycles. The minimum Gasteiger partial charge on any atom is -0.465 e. The van der Waals surface area contributed by atoms with Gasteiger partial charge in [0.15, 0.2) is 0 Å². The van der Waals surface area contributed by atoms with Crippen molar-refractivity contribution in [3.05, 3.63) is 32.9 Å². The van der Waals surface area contributed by atoms with Crippen LogP contribution in [0.3, 0.4) is 0 Å². The lowest BCUT2D eigenvalue weighted by Gasteiger charge is -2.23. The topological polar surface area (TPSA) is 26.3 Å². The van der Waals surface area contributed by atoms with Gasteiger partial charge in [0.1, 0.15) is 5.38 Å². The fraction of sp³-hybridized carbons (Fsp3) is 0.611. The van der Waals surface area contributed by atoms with Crippen LogP contribution in [-0.4, -0.2) is 18.0 Å². The van der Waals surface area contributed by atoms with Crippen molar-refractivity contribution < 1.29 is 9.53 Å². The SMILES string of the molecule is CCOC(=O)C(Cl)CCc1ccc(C2CCCCC2)c(I)c1. The highest BCUT2D eigenvalue weighted by molar-refractivity contribution is 14.1. The minimum atomic E-state index is -0.546. The average molecular weight is 435 g/mol. The first-order valence-electron chi connectivity index (χ1n) is 8.20. The Morgan fingerprint density at radius 2 is 2.09 bits per heavy atom. The van der Waals surface area contributed by atoms with Crippen LogP contribution in [0.15, 0.2) is 18.2 Å². The van der Waals surface area contributed by atoms with E-state index in [1.165, 1.54) is 46.8 Å². The molecule has 1 saturated carbocycles. The minimum absolute atomic E-state index is 0.308. The second kappa shape index (κ2) is 9.11. The smallest absolute Gasteiger partial charge is 0.324 e. The largest absolute Gasteiger partial charge is 0.465 e. The molecule has 1 unspecified atom stereocenters. The van der Waals surface area contributed by atoms with Crippen molar-refractivity contribution in [3.8, 4) is 0 Å². The van der Waals surface area contributed by atoms with E-state index in [-0.39, 0.29) is 5.97 Å². The lowest BCUT2D eigenvalue weighted by molar-refractivity contribution is -0.142. The van der Waals surface area contributed by atoms with Crippen molar-refractivity contribution in [3.63, 3.8) is 0 Å². The number of carbonyl (C=O) groups is 1. The van der Waals surface area contributed by atoms with Crippen molar-refractivity contribution in [1.29, 1.82) is 0 Å². The molecule has 2 nitrogen and oxygen atoms in total. The summed E-state index contributed by atoms with van der Waals surface area (Å²) < 4.78 is 6.29. The summed E-state index contributed by atoms with van der Waals surface area (Å²) >= 11 is 8.52. The molecule has 0 spiro atoms. The molecule has 1 aliphatic rings. The third-order valence-electron chi connectivity index (χ3n) is 4.34. The molecule has 0 radical (unpaired) electrons. The van der Waals surface area contributed by atoms with Crippen molar-refractivity contribution in [2.24, 2.45) is 0 Å². The van der Waals surface area contributed by atoms with Crippen LogP contribution in [0.2, 0.25) is 0 Å². The summed E-state index contributed by atoms with van der Waals surface area (Å²) in [5, 5.41) is -0.546. The van der Waals surface area contributed by atoms with Crippen LogP contribution in [0.25, 0.3) is 0 Å². The molecule has 122 valence electrons. The predicted molar refractivity (Wildman–Crippen MR) is 99.6 cm³/mol. The zero-order valence-corrected chi connectivity index (χ0v) is 16.0. The molecule has 1 fully saturated rings.